The van der Waals surface area contributed by atoms with Gasteiger partial charge in [-0.1, -0.05) is 12.1 Å². The van der Waals surface area contributed by atoms with Crippen LogP contribution in [0.2, 0.25) is 0 Å². The lowest BCUT2D eigenvalue weighted by Gasteiger charge is -2.34. The van der Waals surface area contributed by atoms with Crippen molar-refractivity contribution in [3.8, 4) is 0 Å². The van der Waals surface area contributed by atoms with Crippen molar-refractivity contribution >= 4 is 5.91 Å². The molecular weight excluding hydrogens is 311 g/mol. The van der Waals surface area contributed by atoms with Gasteiger partial charge in [0.1, 0.15) is 0 Å². The molecule has 1 unspecified atom stereocenters. The maximum atomic E-state index is 12.5. The minimum absolute atomic E-state index is 0.143. The third-order valence-corrected chi connectivity index (χ3v) is 4.09. The highest BCUT2D eigenvalue weighted by molar-refractivity contribution is 5.94. The number of alkyl halides is 3. The number of hydrogen-bond acceptors (Lipinski definition) is 3. The summed E-state index contributed by atoms with van der Waals surface area (Å²) in [5.74, 6) is -1.05. The van der Waals surface area contributed by atoms with Gasteiger partial charge < -0.3 is 14.7 Å². The van der Waals surface area contributed by atoms with Crippen LogP contribution in [0.3, 0.4) is 0 Å². The largest absolute Gasteiger partial charge is 0.414 e. The highest BCUT2D eigenvalue weighted by Crippen LogP contribution is 2.31. The van der Waals surface area contributed by atoms with Gasteiger partial charge in [0.25, 0.3) is 5.91 Å². The highest BCUT2D eigenvalue weighted by atomic mass is 19.4. The van der Waals surface area contributed by atoms with Gasteiger partial charge in [-0.05, 0) is 36.5 Å². The number of amides is 1. The van der Waals surface area contributed by atoms with Crippen LogP contribution in [0.1, 0.15) is 28.8 Å². The lowest BCUT2D eigenvalue weighted by molar-refractivity contribution is -0.222. The Bertz CT molecular complexity index is 540. The lowest BCUT2D eigenvalue weighted by atomic mass is 9.90. The number of carbonyl (C=O) groups excluding carboxylic acids is 1. The molecule has 1 aliphatic rings. The number of hydrogen-bond donors (Lipinski definition) is 1. The van der Waals surface area contributed by atoms with E-state index >= 15 is 0 Å². The van der Waals surface area contributed by atoms with Crippen molar-refractivity contribution < 1.29 is 27.8 Å². The van der Waals surface area contributed by atoms with Crippen molar-refractivity contribution in [3.63, 3.8) is 0 Å². The van der Waals surface area contributed by atoms with E-state index in [4.69, 9.17) is 4.74 Å². The quantitative estimate of drug-likeness (QED) is 0.923. The molecule has 1 aromatic rings. The van der Waals surface area contributed by atoms with Gasteiger partial charge in [0.15, 0.2) is 6.10 Å². The van der Waals surface area contributed by atoms with Crippen LogP contribution in [-0.4, -0.2) is 48.4 Å². The minimum Gasteiger partial charge on any atom is -0.383 e. The first kappa shape index (κ1) is 17.7. The van der Waals surface area contributed by atoms with Crippen molar-refractivity contribution in [3.05, 3.63) is 35.4 Å². The Labute approximate surface area is 132 Å². The number of carbonyl (C=O) groups is 1. The van der Waals surface area contributed by atoms with Gasteiger partial charge in [0.05, 0.1) is 6.61 Å². The maximum absolute atomic E-state index is 12.5. The Morgan fingerprint density at radius 1 is 1.39 bits per heavy atom. The first-order valence-corrected chi connectivity index (χ1v) is 7.45. The molecular formula is C16H20F3NO3. The van der Waals surface area contributed by atoms with E-state index < -0.39 is 18.2 Å². The summed E-state index contributed by atoms with van der Waals surface area (Å²) >= 11 is 0. The number of ether oxygens (including phenoxy) is 1. The number of aliphatic hydroxyl groups is 1. The minimum atomic E-state index is -4.61. The molecule has 128 valence electrons. The van der Waals surface area contributed by atoms with Crippen LogP contribution in [-0.2, 0) is 11.3 Å². The van der Waals surface area contributed by atoms with Gasteiger partial charge in [0.2, 0.25) is 0 Å². The molecule has 1 aliphatic heterocycles. The molecule has 1 saturated heterocycles. The summed E-state index contributed by atoms with van der Waals surface area (Å²) in [6.07, 6.45) is -6.63. The predicted molar refractivity (Wildman–Crippen MR) is 77.8 cm³/mol. The van der Waals surface area contributed by atoms with Crippen molar-refractivity contribution in [1.82, 2.24) is 4.90 Å². The maximum Gasteiger partial charge on any atom is 0.414 e. The average molecular weight is 331 g/mol. The van der Waals surface area contributed by atoms with Gasteiger partial charge in [-0.3, -0.25) is 4.79 Å². The van der Waals surface area contributed by atoms with Crippen molar-refractivity contribution in [1.29, 1.82) is 0 Å². The summed E-state index contributed by atoms with van der Waals surface area (Å²) < 4.78 is 42.6. The summed E-state index contributed by atoms with van der Waals surface area (Å²) in [6, 6.07) is 6.99. The van der Waals surface area contributed by atoms with Crippen LogP contribution in [0.5, 0.6) is 0 Å². The van der Waals surface area contributed by atoms with E-state index in [2.05, 4.69) is 0 Å². The van der Waals surface area contributed by atoms with Crippen LogP contribution in [0.4, 0.5) is 13.2 Å². The molecule has 1 N–H and O–H groups in total. The van der Waals surface area contributed by atoms with E-state index in [1.54, 1.807) is 25.3 Å². The highest BCUT2D eigenvalue weighted by Gasteiger charge is 2.44. The SMILES string of the molecule is COCc1cccc(C(=O)N2CCC(C(O)C(F)(F)F)CC2)c1. The summed E-state index contributed by atoms with van der Waals surface area (Å²) in [5, 5.41) is 9.31. The fourth-order valence-corrected chi connectivity index (χ4v) is 2.83. The zero-order valence-corrected chi connectivity index (χ0v) is 12.8. The number of methoxy groups -OCH3 is 1. The molecule has 1 aromatic carbocycles. The van der Waals surface area contributed by atoms with E-state index in [1.807, 2.05) is 6.07 Å². The van der Waals surface area contributed by atoms with E-state index in [-0.39, 0.29) is 31.8 Å². The number of nitrogens with zero attached hydrogens (tertiary/aromatic N) is 1. The fraction of sp³-hybridized carbons (Fsp3) is 0.562. The molecule has 0 spiro atoms. The number of likely N-dealkylation sites (tertiary alicyclic amines) is 1. The second-order valence-corrected chi connectivity index (χ2v) is 5.75. The molecule has 0 saturated carbocycles. The van der Waals surface area contributed by atoms with Crippen LogP contribution < -0.4 is 0 Å². The Morgan fingerprint density at radius 2 is 2.04 bits per heavy atom. The van der Waals surface area contributed by atoms with Crippen LogP contribution >= 0.6 is 0 Å². The molecule has 1 fully saturated rings. The monoisotopic (exact) mass is 331 g/mol. The van der Waals surface area contributed by atoms with E-state index in [0.717, 1.165) is 5.56 Å². The molecule has 0 radical (unpaired) electrons. The first-order chi connectivity index (χ1) is 10.8. The summed E-state index contributed by atoms with van der Waals surface area (Å²) in [6.45, 7) is 0.817. The third kappa shape index (κ3) is 4.45. The molecule has 1 amide bonds. The smallest absolute Gasteiger partial charge is 0.383 e. The van der Waals surface area contributed by atoms with Gasteiger partial charge in [-0.2, -0.15) is 13.2 Å². The molecule has 0 aromatic heterocycles. The molecule has 2 rings (SSSR count). The average Bonchev–Trinajstić information content (AvgIpc) is 2.53. The number of rotatable bonds is 4. The first-order valence-electron chi connectivity index (χ1n) is 7.45. The van der Waals surface area contributed by atoms with Gasteiger partial charge in [0, 0.05) is 25.8 Å². The zero-order valence-electron chi connectivity index (χ0n) is 12.8. The third-order valence-electron chi connectivity index (χ3n) is 4.09. The zero-order chi connectivity index (χ0) is 17.0. The van der Waals surface area contributed by atoms with Crippen molar-refractivity contribution in [2.24, 2.45) is 5.92 Å². The Kier molecular flexibility index (Phi) is 5.64. The molecule has 1 atom stereocenters. The number of halogens is 3. The molecule has 7 heteroatoms. The second-order valence-electron chi connectivity index (χ2n) is 5.75. The van der Waals surface area contributed by atoms with E-state index in [1.165, 1.54) is 4.90 Å². The second kappa shape index (κ2) is 7.31. The topological polar surface area (TPSA) is 49.8 Å². The number of aliphatic hydroxyl groups excluding tert-OH is 1. The Hall–Kier alpha value is -1.60. The lowest BCUT2D eigenvalue weighted by Crippen LogP contribution is -2.45. The van der Waals surface area contributed by atoms with Crippen LogP contribution in [0.25, 0.3) is 0 Å². The molecule has 0 aliphatic carbocycles. The summed E-state index contributed by atoms with van der Waals surface area (Å²) in [4.78, 5) is 14.0. The fourth-order valence-electron chi connectivity index (χ4n) is 2.83. The predicted octanol–water partition coefficient (Wildman–Crippen LogP) is 2.61. The van der Waals surface area contributed by atoms with E-state index in [0.29, 0.717) is 12.2 Å². The Morgan fingerprint density at radius 3 is 2.61 bits per heavy atom. The van der Waals surface area contributed by atoms with Gasteiger partial charge in [-0.25, -0.2) is 0 Å². The summed E-state index contributed by atoms with van der Waals surface area (Å²) in [5.41, 5.74) is 1.36. The van der Waals surface area contributed by atoms with Crippen LogP contribution in [0.15, 0.2) is 24.3 Å². The number of benzene rings is 1. The normalized spacial score (nSPS) is 18.0. The van der Waals surface area contributed by atoms with Crippen molar-refractivity contribution in [2.45, 2.75) is 31.7 Å². The summed E-state index contributed by atoms with van der Waals surface area (Å²) in [7, 11) is 1.56. The molecule has 23 heavy (non-hydrogen) atoms. The van der Waals surface area contributed by atoms with Gasteiger partial charge >= 0.3 is 6.18 Å². The van der Waals surface area contributed by atoms with E-state index in [9.17, 15) is 23.1 Å². The Balaban J connectivity index is 1.97. The van der Waals surface area contributed by atoms with Crippen molar-refractivity contribution in [2.75, 3.05) is 20.2 Å². The van der Waals surface area contributed by atoms with Crippen LogP contribution in [0, 0.1) is 5.92 Å². The molecule has 4 nitrogen and oxygen atoms in total. The standard InChI is InChI=1S/C16H20F3NO3/c1-23-10-11-3-2-4-13(9-11)15(22)20-7-5-12(6-8-20)14(21)16(17,18)19/h2-4,9,12,14,21H,5-8,10H2,1H3. The van der Waals surface area contributed by atoms with Gasteiger partial charge in [-0.15, -0.1) is 0 Å². The molecule has 0 bridgehead atoms. The molecule has 1 heterocycles. The number of piperidine rings is 1.